The lowest BCUT2D eigenvalue weighted by atomic mass is 9.67. The Morgan fingerprint density at radius 3 is 2.21 bits per heavy atom. The summed E-state index contributed by atoms with van der Waals surface area (Å²) < 4.78 is 0. The summed E-state index contributed by atoms with van der Waals surface area (Å²) in [6, 6.07) is 7.83. The third kappa shape index (κ3) is 2.85. The van der Waals surface area contributed by atoms with Gasteiger partial charge in [-0.05, 0) is 50.7 Å². The molecule has 1 aromatic carbocycles. The van der Waals surface area contributed by atoms with Crippen LogP contribution in [0.2, 0.25) is 5.02 Å². The smallest absolute Gasteiger partial charge is 0.146 e. The van der Waals surface area contributed by atoms with Crippen LogP contribution in [0.15, 0.2) is 24.3 Å². The molecule has 1 aliphatic rings. The minimum Gasteiger partial charge on any atom is -0.306 e. The van der Waals surface area contributed by atoms with Gasteiger partial charge in [0.25, 0.3) is 0 Å². The highest BCUT2D eigenvalue weighted by atomic mass is 35.5. The van der Waals surface area contributed by atoms with Crippen molar-refractivity contribution < 1.29 is 4.79 Å². The number of hydrogen-bond donors (Lipinski definition) is 0. The van der Waals surface area contributed by atoms with Gasteiger partial charge in [0.2, 0.25) is 0 Å². The summed E-state index contributed by atoms with van der Waals surface area (Å²) in [6.45, 7) is 5.94. The van der Waals surface area contributed by atoms with Gasteiger partial charge < -0.3 is 4.90 Å². The van der Waals surface area contributed by atoms with E-state index in [0.29, 0.717) is 5.78 Å². The van der Waals surface area contributed by atoms with Gasteiger partial charge in [-0.1, -0.05) is 37.6 Å². The van der Waals surface area contributed by atoms with Crippen molar-refractivity contribution in [1.82, 2.24) is 4.90 Å². The van der Waals surface area contributed by atoms with Gasteiger partial charge >= 0.3 is 0 Å². The van der Waals surface area contributed by atoms with Gasteiger partial charge in [0.05, 0.1) is 5.41 Å². The lowest BCUT2D eigenvalue weighted by Crippen LogP contribution is -2.47. The molecular weight excluding hydrogens is 258 g/mol. The highest BCUT2D eigenvalue weighted by Crippen LogP contribution is 2.38. The molecule has 2 nitrogen and oxygen atoms in total. The second-order valence-electron chi connectivity index (χ2n) is 5.91. The van der Waals surface area contributed by atoms with Gasteiger partial charge in [-0.2, -0.15) is 0 Å². The lowest BCUT2D eigenvalue weighted by Gasteiger charge is -2.41. The van der Waals surface area contributed by atoms with E-state index in [9.17, 15) is 4.79 Å². The molecule has 1 aromatic rings. The summed E-state index contributed by atoms with van der Waals surface area (Å²) in [5.41, 5.74) is 0.814. The van der Waals surface area contributed by atoms with Crippen LogP contribution in [0.3, 0.4) is 0 Å². The molecule has 1 aliphatic heterocycles. The molecule has 3 heteroatoms. The molecule has 0 amide bonds. The Balaban J connectivity index is 2.39. The number of nitrogens with zero attached hydrogens (tertiary/aromatic N) is 1. The third-order valence-corrected chi connectivity index (χ3v) is 4.49. The van der Waals surface area contributed by atoms with Crippen LogP contribution < -0.4 is 0 Å². The minimum absolute atomic E-state index is 0.0686. The number of halogens is 1. The molecule has 1 heterocycles. The summed E-state index contributed by atoms with van der Waals surface area (Å²) in [7, 11) is 2.12. The maximum atomic E-state index is 12.8. The van der Waals surface area contributed by atoms with Crippen LogP contribution in [0.25, 0.3) is 0 Å². The highest BCUT2D eigenvalue weighted by Gasteiger charge is 2.42. The number of hydrogen-bond acceptors (Lipinski definition) is 2. The molecule has 0 bridgehead atoms. The van der Waals surface area contributed by atoms with Crippen molar-refractivity contribution in [3.63, 3.8) is 0 Å². The number of rotatable bonds is 3. The monoisotopic (exact) mass is 279 g/mol. The minimum atomic E-state index is -0.314. The largest absolute Gasteiger partial charge is 0.306 e. The summed E-state index contributed by atoms with van der Waals surface area (Å²) >= 11 is 5.97. The summed E-state index contributed by atoms with van der Waals surface area (Å²) in [5.74, 6) is 0.432. The van der Waals surface area contributed by atoms with Gasteiger partial charge in [-0.3, -0.25) is 4.79 Å². The molecule has 1 fully saturated rings. The fraction of sp³-hybridized carbons (Fsp3) is 0.562. The molecule has 0 atom stereocenters. The Hall–Kier alpha value is -0.860. The number of Topliss-reactive ketones (excluding diaryl/α,β-unsaturated/α-hetero) is 1. The summed E-state index contributed by atoms with van der Waals surface area (Å²) in [4.78, 5) is 15.1. The number of benzene rings is 1. The lowest BCUT2D eigenvalue weighted by molar-refractivity contribution is -0.129. The zero-order chi connectivity index (χ0) is 14.0. The molecule has 0 unspecified atom stereocenters. The maximum absolute atomic E-state index is 12.8. The van der Waals surface area contributed by atoms with Crippen molar-refractivity contribution in [2.45, 2.75) is 32.1 Å². The molecule has 0 aliphatic carbocycles. The standard InChI is InChI=1S/C16H22ClNO/c1-12(2)15(19)16(8-10-18(3)11-9-16)13-4-6-14(17)7-5-13/h4-7,12H,8-11H2,1-3H3. The number of carbonyl (C=O) groups excluding carboxylic acids is 1. The Kier molecular flexibility index (Phi) is 4.32. The Morgan fingerprint density at radius 1 is 1.21 bits per heavy atom. The van der Waals surface area contributed by atoms with Crippen LogP contribution in [0.4, 0.5) is 0 Å². The van der Waals surface area contributed by atoms with Gasteiger partial charge in [0.1, 0.15) is 5.78 Å². The third-order valence-electron chi connectivity index (χ3n) is 4.23. The normalized spacial score (nSPS) is 19.6. The van der Waals surface area contributed by atoms with E-state index in [-0.39, 0.29) is 11.3 Å². The average molecular weight is 280 g/mol. The van der Waals surface area contributed by atoms with Crippen molar-refractivity contribution in [1.29, 1.82) is 0 Å². The number of ketones is 1. The second kappa shape index (κ2) is 5.64. The Morgan fingerprint density at radius 2 is 1.74 bits per heavy atom. The van der Waals surface area contributed by atoms with E-state index in [1.165, 1.54) is 0 Å². The fourth-order valence-electron chi connectivity index (χ4n) is 3.00. The van der Waals surface area contributed by atoms with Gasteiger partial charge in [0, 0.05) is 10.9 Å². The van der Waals surface area contributed by atoms with Crippen LogP contribution in [0, 0.1) is 5.92 Å². The summed E-state index contributed by atoms with van der Waals surface area (Å²) in [6.07, 6.45) is 1.81. The first-order valence-corrected chi connectivity index (χ1v) is 7.32. The van der Waals surface area contributed by atoms with E-state index in [1.807, 2.05) is 38.1 Å². The molecule has 0 aromatic heterocycles. The van der Waals surface area contributed by atoms with Gasteiger partial charge in [-0.25, -0.2) is 0 Å². The van der Waals surface area contributed by atoms with Crippen LogP contribution in [-0.4, -0.2) is 30.8 Å². The molecule has 2 rings (SSSR count). The average Bonchev–Trinajstić information content (AvgIpc) is 2.40. The molecule has 1 saturated heterocycles. The van der Waals surface area contributed by atoms with E-state index in [2.05, 4.69) is 11.9 Å². The maximum Gasteiger partial charge on any atom is 0.146 e. The quantitative estimate of drug-likeness (QED) is 0.844. The first kappa shape index (κ1) is 14.5. The van der Waals surface area contributed by atoms with Crippen LogP contribution >= 0.6 is 11.6 Å². The summed E-state index contributed by atoms with van der Waals surface area (Å²) in [5, 5.41) is 0.726. The molecule has 0 N–H and O–H groups in total. The van der Waals surface area contributed by atoms with Crippen molar-refractivity contribution >= 4 is 17.4 Å². The fourth-order valence-corrected chi connectivity index (χ4v) is 3.13. The van der Waals surface area contributed by atoms with Crippen molar-refractivity contribution in [2.75, 3.05) is 20.1 Å². The SMILES string of the molecule is CC(C)C(=O)C1(c2ccc(Cl)cc2)CCN(C)CC1. The van der Waals surface area contributed by atoms with Crippen molar-refractivity contribution in [3.8, 4) is 0 Å². The molecule has 0 spiro atoms. The molecular formula is C16H22ClNO. The second-order valence-corrected chi connectivity index (χ2v) is 6.35. The first-order valence-electron chi connectivity index (χ1n) is 6.94. The number of piperidine rings is 1. The zero-order valence-electron chi connectivity index (χ0n) is 11.9. The molecule has 104 valence electrons. The topological polar surface area (TPSA) is 20.3 Å². The first-order chi connectivity index (χ1) is 8.95. The Bertz CT molecular complexity index is 444. The molecule has 0 radical (unpaired) electrons. The van der Waals surface area contributed by atoms with E-state index < -0.39 is 0 Å². The van der Waals surface area contributed by atoms with Crippen molar-refractivity contribution in [3.05, 3.63) is 34.9 Å². The Labute approximate surface area is 120 Å². The molecule has 19 heavy (non-hydrogen) atoms. The van der Waals surface area contributed by atoms with E-state index >= 15 is 0 Å². The van der Waals surface area contributed by atoms with Gasteiger partial charge in [0.15, 0.2) is 0 Å². The van der Waals surface area contributed by atoms with Gasteiger partial charge in [-0.15, -0.1) is 0 Å². The van der Waals surface area contributed by atoms with Crippen LogP contribution in [0.1, 0.15) is 32.3 Å². The highest BCUT2D eigenvalue weighted by molar-refractivity contribution is 6.30. The van der Waals surface area contributed by atoms with Crippen LogP contribution in [0.5, 0.6) is 0 Å². The zero-order valence-corrected chi connectivity index (χ0v) is 12.7. The van der Waals surface area contributed by atoms with E-state index in [4.69, 9.17) is 11.6 Å². The predicted molar refractivity (Wildman–Crippen MR) is 79.7 cm³/mol. The number of carbonyl (C=O) groups is 1. The molecule has 0 saturated carbocycles. The predicted octanol–water partition coefficient (Wildman–Crippen LogP) is 3.53. The van der Waals surface area contributed by atoms with E-state index in [0.717, 1.165) is 36.5 Å². The van der Waals surface area contributed by atoms with Crippen LogP contribution in [-0.2, 0) is 10.2 Å². The van der Waals surface area contributed by atoms with E-state index in [1.54, 1.807) is 0 Å². The van der Waals surface area contributed by atoms with Crippen molar-refractivity contribution in [2.24, 2.45) is 5.92 Å². The number of likely N-dealkylation sites (tertiary alicyclic amines) is 1.